The SMILES string of the molecule is O=C(O)c1ccccc1Nc1ccc(C(O)Nc2ccc(C34CC5CC(CC(C5)C3)C4)cc2)cc1. The minimum Gasteiger partial charge on any atom is -0.478 e. The third kappa shape index (κ3) is 4.30. The van der Waals surface area contributed by atoms with E-state index >= 15 is 0 Å². The lowest BCUT2D eigenvalue weighted by Crippen LogP contribution is -2.48. The molecular weight excluding hydrogens is 436 g/mol. The molecule has 4 N–H and O–H groups in total. The van der Waals surface area contributed by atoms with Gasteiger partial charge in [-0.3, -0.25) is 0 Å². The van der Waals surface area contributed by atoms with Gasteiger partial charge >= 0.3 is 5.97 Å². The standard InChI is InChI=1S/C30H32N2O3/c33-28(22-5-9-24(10-6-22)31-27-4-2-1-3-26(27)29(34)35)32-25-11-7-23(8-12-25)30-16-19-13-20(17-30)15-21(14-19)18-30/h1-12,19-21,28,31-33H,13-18H2,(H,34,35). The highest BCUT2D eigenvalue weighted by Gasteiger charge is 2.51. The lowest BCUT2D eigenvalue weighted by molar-refractivity contribution is -0.00518. The van der Waals surface area contributed by atoms with E-state index in [4.69, 9.17) is 0 Å². The fourth-order valence-electron chi connectivity index (χ4n) is 7.31. The Balaban J connectivity index is 1.11. The van der Waals surface area contributed by atoms with Crippen LogP contribution in [-0.2, 0) is 5.41 Å². The maximum atomic E-state index is 11.4. The number of anilines is 3. The molecule has 4 saturated carbocycles. The highest BCUT2D eigenvalue weighted by Crippen LogP contribution is 2.60. The largest absolute Gasteiger partial charge is 0.478 e. The van der Waals surface area contributed by atoms with Crippen LogP contribution < -0.4 is 10.6 Å². The monoisotopic (exact) mass is 468 g/mol. The molecule has 1 unspecified atom stereocenters. The van der Waals surface area contributed by atoms with Crippen molar-refractivity contribution < 1.29 is 15.0 Å². The van der Waals surface area contributed by atoms with Gasteiger partial charge in [-0.1, -0.05) is 36.4 Å². The van der Waals surface area contributed by atoms with Gasteiger partial charge in [0.2, 0.25) is 0 Å². The van der Waals surface area contributed by atoms with Crippen LogP contribution in [0.15, 0.2) is 72.8 Å². The summed E-state index contributed by atoms with van der Waals surface area (Å²) >= 11 is 0. The van der Waals surface area contributed by atoms with Crippen molar-refractivity contribution in [1.82, 2.24) is 0 Å². The summed E-state index contributed by atoms with van der Waals surface area (Å²) < 4.78 is 0. The van der Waals surface area contributed by atoms with E-state index in [1.807, 2.05) is 24.3 Å². The molecule has 4 fully saturated rings. The van der Waals surface area contributed by atoms with Crippen LogP contribution in [0.1, 0.15) is 66.2 Å². The lowest BCUT2D eigenvalue weighted by atomic mass is 9.48. The Hall–Kier alpha value is -3.31. The fraction of sp³-hybridized carbons (Fsp3) is 0.367. The fourth-order valence-corrected chi connectivity index (χ4v) is 7.31. The summed E-state index contributed by atoms with van der Waals surface area (Å²) in [6.45, 7) is 0. The number of nitrogens with one attached hydrogen (secondary N) is 2. The van der Waals surface area contributed by atoms with Crippen molar-refractivity contribution in [1.29, 1.82) is 0 Å². The minimum atomic E-state index is -0.974. The van der Waals surface area contributed by atoms with E-state index in [0.29, 0.717) is 11.1 Å². The van der Waals surface area contributed by atoms with Crippen LogP contribution in [0, 0.1) is 17.8 Å². The zero-order valence-corrected chi connectivity index (χ0v) is 19.8. The number of para-hydroxylation sites is 1. The number of aromatic carboxylic acids is 1. The van der Waals surface area contributed by atoms with Crippen LogP contribution in [0.3, 0.4) is 0 Å². The number of aliphatic hydroxyl groups excluding tert-OH is 1. The number of carboxylic acids is 1. The molecule has 5 nitrogen and oxygen atoms in total. The molecule has 0 spiro atoms. The summed E-state index contributed by atoms with van der Waals surface area (Å²) in [7, 11) is 0. The van der Waals surface area contributed by atoms with Gasteiger partial charge in [0.15, 0.2) is 6.23 Å². The number of benzene rings is 3. The van der Waals surface area contributed by atoms with Gasteiger partial charge in [-0.15, -0.1) is 0 Å². The molecule has 0 amide bonds. The van der Waals surface area contributed by atoms with E-state index in [2.05, 4.69) is 34.9 Å². The molecule has 3 aromatic carbocycles. The second-order valence-electron chi connectivity index (χ2n) is 10.9. The van der Waals surface area contributed by atoms with Crippen molar-refractivity contribution in [2.45, 2.75) is 50.2 Å². The molecule has 0 saturated heterocycles. The van der Waals surface area contributed by atoms with Crippen molar-refractivity contribution in [3.63, 3.8) is 0 Å². The number of carbonyl (C=O) groups is 1. The molecule has 180 valence electrons. The van der Waals surface area contributed by atoms with Crippen molar-refractivity contribution in [2.75, 3.05) is 10.6 Å². The second kappa shape index (κ2) is 8.72. The predicted octanol–water partition coefficient (Wildman–Crippen LogP) is 6.70. The quantitative estimate of drug-likeness (QED) is 0.290. The predicted molar refractivity (Wildman–Crippen MR) is 138 cm³/mol. The molecule has 0 heterocycles. The van der Waals surface area contributed by atoms with E-state index in [1.54, 1.807) is 24.3 Å². The average Bonchev–Trinajstić information content (AvgIpc) is 2.84. The van der Waals surface area contributed by atoms with Crippen molar-refractivity contribution in [3.05, 3.63) is 89.5 Å². The van der Waals surface area contributed by atoms with E-state index in [9.17, 15) is 15.0 Å². The first-order valence-corrected chi connectivity index (χ1v) is 12.7. The van der Waals surface area contributed by atoms with Crippen LogP contribution in [0.4, 0.5) is 17.1 Å². The first-order valence-electron chi connectivity index (χ1n) is 12.7. The van der Waals surface area contributed by atoms with Crippen LogP contribution >= 0.6 is 0 Å². The van der Waals surface area contributed by atoms with Gasteiger partial charge < -0.3 is 20.8 Å². The Morgan fingerprint density at radius 1 is 0.800 bits per heavy atom. The summed E-state index contributed by atoms with van der Waals surface area (Å²) in [5, 5.41) is 26.5. The Morgan fingerprint density at radius 2 is 1.37 bits per heavy atom. The molecular formula is C30H32N2O3. The number of aliphatic hydroxyl groups is 1. The molecule has 0 aliphatic heterocycles. The zero-order valence-electron chi connectivity index (χ0n) is 19.8. The van der Waals surface area contributed by atoms with Crippen LogP contribution in [0.25, 0.3) is 0 Å². The van der Waals surface area contributed by atoms with E-state index < -0.39 is 12.2 Å². The van der Waals surface area contributed by atoms with Gasteiger partial charge in [0.05, 0.1) is 11.3 Å². The van der Waals surface area contributed by atoms with Gasteiger partial charge in [0.1, 0.15) is 0 Å². The molecule has 1 atom stereocenters. The normalized spacial score (nSPS) is 27.4. The van der Waals surface area contributed by atoms with Gasteiger partial charge in [0.25, 0.3) is 0 Å². The first-order chi connectivity index (χ1) is 17.0. The molecule has 0 aromatic heterocycles. The third-order valence-corrected chi connectivity index (χ3v) is 8.50. The van der Waals surface area contributed by atoms with E-state index in [-0.39, 0.29) is 5.56 Å². The Bertz CT molecular complexity index is 1180. The van der Waals surface area contributed by atoms with E-state index in [1.165, 1.54) is 44.1 Å². The van der Waals surface area contributed by atoms with Crippen LogP contribution in [0.5, 0.6) is 0 Å². The van der Waals surface area contributed by atoms with E-state index in [0.717, 1.165) is 34.7 Å². The van der Waals surface area contributed by atoms with Gasteiger partial charge in [-0.05, 0) is 104 Å². The van der Waals surface area contributed by atoms with Gasteiger partial charge in [0, 0.05) is 16.9 Å². The molecule has 4 bridgehead atoms. The van der Waals surface area contributed by atoms with Crippen molar-refractivity contribution in [3.8, 4) is 0 Å². The maximum absolute atomic E-state index is 11.4. The Morgan fingerprint density at radius 3 is 1.97 bits per heavy atom. The van der Waals surface area contributed by atoms with Gasteiger partial charge in [-0.25, -0.2) is 4.79 Å². The highest BCUT2D eigenvalue weighted by molar-refractivity contribution is 5.95. The molecule has 3 aromatic rings. The van der Waals surface area contributed by atoms with Crippen molar-refractivity contribution in [2.24, 2.45) is 17.8 Å². The maximum Gasteiger partial charge on any atom is 0.337 e. The van der Waals surface area contributed by atoms with Gasteiger partial charge in [-0.2, -0.15) is 0 Å². The highest BCUT2D eigenvalue weighted by atomic mass is 16.4. The number of hydrogen-bond acceptors (Lipinski definition) is 4. The molecule has 7 rings (SSSR count). The zero-order chi connectivity index (χ0) is 24.0. The third-order valence-electron chi connectivity index (χ3n) is 8.50. The average molecular weight is 469 g/mol. The summed E-state index contributed by atoms with van der Waals surface area (Å²) in [5.41, 5.74) is 5.02. The number of hydrogen-bond donors (Lipinski definition) is 4. The number of carboxylic acid groups (broad SMARTS) is 1. The molecule has 4 aliphatic carbocycles. The Labute approximate surface area is 206 Å². The molecule has 35 heavy (non-hydrogen) atoms. The summed E-state index contributed by atoms with van der Waals surface area (Å²) in [6.07, 6.45) is 7.58. The summed E-state index contributed by atoms with van der Waals surface area (Å²) in [6, 6.07) is 22.9. The first kappa shape index (κ1) is 22.2. The summed E-state index contributed by atoms with van der Waals surface area (Å²) in [5.74, 6) is 1.81. The molecule has 5 heteroatoms. The number of rotatable bonds is 7. The minimum absolute atomic E-state index is 0.218. The second-order valence-corrected chi connectivity index (χ2v) is 10.9. The molecule has 0 radical (unpaired) electrons. The van der Waals surface area contributed by atoms with Crippen LogP contribution in [-0.4, -0.2) is 16.2 Å². The smallest absolute Gasteiger partial charge is 0.337 e. The topological polar surface area (TPSA) is 81.6 Å². The summed E-state index contributed by atoms with van der Waals surface area (Å²) in [4.78, 5) is 11.4. The Kier molecular flexibility index (Phi) is 5.53. The lowest BCUT2D eigenvalue weighted by Gasteiger charge is -2.57. The van der Waals surface area contributed by atoms with Crippen LogP contribution in [0.2, 0.25) is 0 Å². The molecule has 4 aliphatic rings. The van der Waals surface area contributed by atoms with Crippen molar-refractivity contribution >= 4 is 23.0 Å².